The number of piperidine rings is 1. The van der Waals surface area contributed by atoms with E-state index in [-0.39, 0.29) is 29.1 Å². The minimum absolute atomic E-state index is 0.0188. The Hall–Kier alpha value is -5.17. The van der Waals surface area contributed by atoms with Gasteiger partial charge in [-0.1, -0.05) is 30.3 Å². The van der Waals surface area contributed by atoms with Gasteiger partial charge in [-0.15, -0.1) is 0 Å². The Bertz CT molecular complexity index is 2190. The maximum absolute atomic E-state index is 15.3. The van der Waals surface area contributed by atoms with Crippen molar-refractivity contribution in [3.63, 3.8) is 0 Å². The lowest BCUT2D eigenvalue weighted by molar-refractivity contribution is 0.0206. The van der Waals surface area contributed by atoms with Crippen LogP contribution < -0.4 is 10.1 Å². The topological polar surface area (TPSA) is 124 Å². The molecule has 13 heteroatoms. The summed E-state index contributed by atoms with van der Waals surface area (Å²) < 4.78 is 68.0. The van der Waals surface area contributed by atoms with Crippen LogP contribution in [-0.4, -0.2) is 59.1 Å². The van der Waals surface area contributed by atoms with Crippen LogP contribution in [0.4, 0.5) is 19.5 Å². The molecule has 1 saturated heterocycles. The Labute approximate surface area is 295 Å². The molecule has 0 radical (unpaired) electrons. The number of carbonyl (C=O) groups is 1. The van der Waals surface area contributed by atoms with Crippen molar-refractivity contribution in [2.24, 2.45) is 0 Å². The first kappa shape index (κ1) is 35.6. The third-order valence-electron chi connectivity index (χ3n) is 8.41. The number of benzene rings is 3. The molecule has 1 atom stereocenters. The Morgan fingerprint density at radius 2 is 1.73 bits per heavy atom. The average Bonchev–Trinajstić information content (AvgIpc) is 3.08. The predicted molar refractivity (Wildman–Crippen MR) is 191 cm³/mol. The van der Waals surface area contributed by atoms with E-state index in [0.717, 1.165) is 12.8 Å². The summed E-state index contributed by atoms with van der Waals surface area (Å²) in [5.41, 5.74) is 1.20. The Kier molecular flexibility index (Phi) is 10.2. The number of aryl methyl sites for hydroxylation is 1. The van der Waals surface area contributed by atoms with E-state index < -0.39 is 38.6 Å². The molecule has 1 fully saturated rings. The number of sulfone groups is 1. The van der Waals surface area contributed by atoms with E-state index >= 15 is 4.39 Å². The Balaban J connectivity index is 1.26. The first-order chi connectivity index (χ1) is 24.3. The molecule has 1 aliphatic heterocycles. The van der Waals surface area contributed by atoms with Crippen LogP contribution in [0.25, 0.3) is 22.0 Å². The van der Waals surface area contributed by atoms with Crippen molar-refractivity contribution in [2.45, 2.75) is 63.7 Å². The fraction of sp³-hybridized carbons (Fsp3) is 0.316. The molecule has 0 spiro atoms. The highest BCUT2D eigenvalue weighted by Crippen LogP contribution is 2.38. The molecular weight excluding hydrogens is 677 g/mol. The molecule has 0 bridgehead atoms. The number of hydrogen-bond donors (Lipinski definition) is 1. The number of carbonyl (C=O) groups excluding carboxylic acids is 1. The van der Waals surface area contributed by atoms with E-state index in [1.165, 1.54) is 24.3 Å². The minimum Gasteiger partial charge on any atom is -0.444 e. The highest BCUT2D eigenvalue weighted by Gasteiger charge is 2.28. The number of aromatic nitrogens is 3. The van der Waals surface area contributed by atoms with Crippen molar-refractivity contribution in [3.05, 3.63) is 107 Å². The van der Waals surface area contributed by atoms with Gasteiger partial charge in [0.2, 0.25) is 11.8 Å². The number of fused-ring (bicyclic) bond motifs is 1. The number of rotatable bonds is 9. The van der Waals surface area contributed by atoms with Gasteiger partial charge in [-0.05, 0) is 87.9 Å². The molecule has 5 aromatic rings. The number of nitrogens with one attached hydrogen (secondary N) is 1. The second-order valence-electron chi connectivity index (χ2n) is 13.6. The van der Waals surface area contributed by atoms with E-state index in [1.807, 2.05) is 27.7 Å². The van der Waals surface area contributed by atoms with Gasteiger partial charge in [0.1, 0.15) is 23.0 Å². The van der Waals surface area contributed by atoms with Crippen LogP contribution in [0.5, 0.6) is 11.6 Å². The number of halogens is 2. The number of ether oxygens (including phenoxy) is 2. The van der Waals surface area contributed by atoms with Crippen molar-refractivity contribution in [3.8, 4) is 22.9 Å². The Morgan fingerprint density at radius 3 is 2.51 bits per heavy atom. The number of likely N-dealkylation sites (tertiary alicyclic amines) is 1. The number of amides is 1. The normalized spacial score (nSPS) is 15.1. The van der Waals surface area contributed by atoms with Crippen LogP contribution in [0.15, 0.2) is 79.1 Å². The van der Waals surface area contributed by atoms with E-state index in [0.29, 0.717) is 52.4 Å². The lowest BCUT2D eigenvalue weighted by Gasteiger charge is -2.34. The number of pyridine rings is 1. The van der Waals surface area contributed by atoms with Crippen LogP contribution in [0, 0.1) is 18.6 Å². The van der Waals surface area contributed by atoms with Crippen molar-refractivity contribution in [2.75, 3.05) is 18.4 Å². The van der Waals surface area contributed by atoms with Gasteiger partial charge in [0.05, 0.1) is 22.8 Å². The molecule has 0 saturated carbocycles. The van der Waals surface area contributed by atoms with Gasteiger partial charge in [-0.25, -0.2) is 36.9 Å². The smallest absolute Gasteiger partial charge is 0.410 e. The van der Waals surface area contributed by atoms with Crippen LogP contribution in [0.2, 0.25) is 0 Å². The van der Waals surface area contributed by atoms with E-state index in [4.69, 9.17) is 14.5 Å². The van der Waals surface area contributed by atoms with E-state index in [1.54, 1.807) is 59.8 Å². The van der Waals surface area contributed by atoms with E-state index in [9.17, 15) is 17.6 Å². The third kappa shape index (κ3) is 8.59. The summed E-state index contributed by atoms with van der Waals surface area (Å²) in [7, 11) is -3.96. The number of anilines is 1. The number of hydrogen-bond acceptors (Lipinski definition) is 9. The SMILES string of the molecule is Cc1ccc2c(CS(=O)(=O)Cc3ccccc3F)c(F)ccc2c1Oc1ncccc1-c1ccnc(N[C@H]2CCCN(C(=O)OC(C)(C)C)C2)n1. The van der Waals surface area contributed by atoms with E-state index in [2.05, 4.69) is 15.3 Å². The molecule has 6 rings (SSSR count). The summed E-state index contributed by atoms with van der Waals surface area (Å²) >= 11 is 0. The number of nitrogens with zero attached hydrogens (tertiary/aromatic N) is 4. The summed E-state index contributed by atoms with van der Waals surface area (Å²) in [6, 6.07) is 17.0. The molecule has 2 aromatic heterocycles. The van der Waals surface area contributed by atoms with Crippen LogP contribution in [-0.2, 0) is 26.1 Å². The summed E-state index contributed by atoms with van der Waals surface area (Å²) in [6.07, 6.45) is 4.46. The minimum atomic E-state index is -3.96. The van der Waals surface area contributed by atoms with Gasteiger partial charge in [0, 0.05) is 48.0 Å². The molecule has 1 aliphatic rings. The van der Waals surface area contributed by atoms with Crippen molar-refractivity contribution >= 4 is 32.7 Å². The zero-order valence-corrected chi connectivity index (χ0v) is 29.6. The van der Waals surface area contributed by atoms with Gasteiger partial charge < -0.3 is 19.7 Å². The zero-order valence-electron chi connectivity index (χ0n) is 28.8. The molecule has 10 nitrogen and oxygen atoms in total. The largest absolute Gasteiger partial charge is 0.444 e. The zero-order chi connectivity index (χ0) is 36.3. The molecule has 1 N–H and O–H groups in total. The third-order valence-corrected chi connectivity index (χ3v) is 9.89. The van der Waals surface area contributed by atoms with Gasteiger partial charge in [-0.2, -0.15) is 0 Å². The molecule has 1 amide bonds. The fourth-order valence-electron chi connectivity index (χ4n) is 6.04. The molecule has 51 heavy (non-hydrogen) atoms. The molecule has 0 aliphatic carbocycles. The summed E-state index contributed by atoms with van der Waals surface area (Å²) in [5, 5.41) is 4.19. The summed E-state index contributed by atoms with van der Waals surface area (Å²) in [4.78, 5) is 28.0. The maximum Gasteiger partial charge on any atom is 0.410 e. The molecule has 266 valence electrons. The quantitative estimate of drug-likeness (QED) is 0.162. The molecule has 3 aromatic carbocycles. The second kappa shape index (κ2) is 14.6. The first-order valence-corrected chi connectivity index (χ1v) is 18.4. The van der Waals surface area contributed by atoms with Crippen molar-refractivity contribution < 1.29 is 31.5 Å². The molecule has 0 unspecified atom stereocenters. The van der Waals surface area contributed by atoms with Gasteiger partial charge in [0.25, 0.3) is 0 Å². The van der Waals surface area contributed by atoms with Gasteiger partial charge in [-0.3, -0.25) is 0 Å². The van der Waals surface area contributed by atoms with Crippen molar-refractivity contribution in [1.29, 1.82) is 0 Å². The lowest BCUT2D eigenvalue weighted by atomic mass is 10.0. The highest BCUT2D eigenvalue weighted by molar-refractivity contribution is 7.89. The maximum atomic E-state index is 15.3. The lowest BCUT2D eigenvalue weighted by Crippen LogP contribution is -2.47. The van der Waals surface area contributed by atoms with Crippen molar-refractivity contribution in [1.82, 2.24) is 19.9 Å². The summed E-state index contributed by atoms with van der Waals surface area (Å²) in [5.74, 6) is -1.56. The monoisotopic (exact) mass is 715 g/mol. The Morgan fingerprint density at radius 1 is 0.941 bits per heavy atom. The van der Waals surface area contributed by atoms with Crippen LogP contribution in [0.3, 0.4) is 0 Å². The molecule has 3 heterocycles. The second-order valence-corrected chi connectivity index (χ2v) is 15.7. The highest BCUT2D eigenvalue weighted by atomic mass is 32.2. The van der Waals surface area contributed by atoms with Crippen LogP contribution in [0.1, 0.15) is 50.3 Å². The predicted octanol–water partition coefficient (Wildman–Crippen LogP) is 8.00. The van der Waals surface area contributed by atoms with Gasteiger partial charge in [0.15, 0.2) is 9.84 Å². The molecular formula is C38H39F2N5O5S. The standard InChI is InChI=1S/C38H39F2N5O5S/c1-24-13-14-27-28(15-16-32(40)30(27)23-51(47,48)22-25-9-5-6-12-31(25)39)34(24)49-35-29(11-7-18-41-35)33-17-19-42-36(44-33)43-26-10-8-20-45(21-26)37(46)50-38(2,3)4/h5-7,9,11-19,26H,8,10,20-23H2,1-4H3,(H,42,43,44)/t26-/m0/s1. The average molecular weight is 716 g/mol. The summed E-state index contributed by atoms with van der Waals surface area (Å²) in [6.45, 7) is 8.39. The first-order valence-electron chi connectivity index (χ1n) is 16.6. The van der Waals surface area contributed by atoms with Gasteiger partial charge >= 0.3 is 6.09 Å². The fourth-order valence-corrected chi connectivity index (χ4v) is 7.58. The van der Waals surface area contributed by atoms with Crippen LogP contribution >= 0.6 is 0 Å².